The lowest BCUT2D eigenvalue weighted by Gasteiger charge is -2.22. The number of anilines is 2. The number of nitrogens with zero attached hydrogens (tertiary/aromatic N) is 1. The monoisotopic (exact) mass is 473 g/mol. The molecule has 0 bridgehead atoms. The number of carbonyl (C=O) groups excluding carboxylic acids is 1. The largest absolute Gasteiger partial charge is 0.493 e. The Morgan fingerprint density at radius 3 is 2.42 bits per heavy atom. The van der Waals surface area contributed by atoms with Gasteiger partial charge in [0.15, 0.2) is 11.5 Å². The molecule has 9 heteroatoms. The Morgan fingerprint density at radius 1 is 1.03 bits per heavy atom. The van der Waals surface area contributed by atoms with Crippen molar-refractivity contribution in [3.63, 3.8) is 0 Å². The van der Waals surface area contributed by atoms with Crippen LogP contribution in [0.2, 0.25) is 0 Å². The van der Waals surface area contributed by atoms with E-state index in [0.29, 0.717) is 29.3 Å². The average Bonchev–Trinajstić information content (AvgIpc) is 3.53. The van der Waals surface area contributed by atoms with Crippen LogP contribution < -0.4 is 24.4 Å². The van der Waals surface area contributed by atoms with Crippen molar-refractivity contribution in [3.8, 4) is 11.5 Å². The fraction of sp³-hybridized carbons (Fsp3) is 0.458. The number of hydrogen-bond acceptors (Lipinski definition) is 6. The molecule has 2 fully saturated rings. The van der Waals surface area contributed by atoms with E-state index in [9.17, 15) is 13.2 Å². The quantitative estimate of drug-likeness (QED) is 0.550. The maximum absolute atomic E-state index is 13.3. The van der Waals surface area contributed by atoms with E-state index in [1.165, 1.54) is 0 Å². The summed E-state index contributed by atoms with van der Waals surface area (Å²) in [5.41, 5.74) is 2.12. The minimum atomic E-state index is -3.79. The van der Waals surface area contributed by atoms with E-state index in [0.717, 1.165) is 44.3 Å². The predicted octanol–water partition coefficient (Wildman–Crippen LogP) is 3.17. The van der Waals surface area contributed by atoms with Gasteiger partial charge in [-0.05, 0) is 68.0 Å². The van der Waals surface area contributed by atoms with Crippen LogP contribution in [0.1, 0.15) is 31.2 Å². The summed E-state index contributed by atoms with van der Waals surface area (Å²) in [6, 6.07) is 10.7. The molecule has 0 radical (unpaired) electrons. The molecule has 2 N–H and O–H groups in total. The van der Waals surface area contributed by atoms with Gasteiger partial charge < -0.3 is 19.7 Å². The van der Waals surface area contributed by atoms with E-state index in [2.05, 4.69) is 14.9 Å². The molecule has 1 saturated carbocycles. The Bertz CT molecular complexity index is 1110. The van der Waals surface area contributed by atoms with E-state index < -0.39 is 10.0 Å². The van der Waals surface area contributed by atoms with Crippen LogP contribution in [-0.4, -0.2) is 48.2 Å². The first kappa shape index (κ1) is 23.4. The van der Waals surface area contributed by atoms with E-state index in [1.54, 1.807) is 38.5 Å². The normalized spacial score (nSPS) is 16.0. The number of hydrogen-bond donors (Lipinski definition) is 2. The van der Waals surface area contributed by atoms with Crippen molar-refractivity contribution in [2.24, 2.45) is 5.92 Å². The van der Waals surface area contributed by atoms with Crippen LogP contribution in [0.25, 0.3) is 0 Å². The van der Waals surface area contributed by atoms with Crippen LogP contribution >= 0.6 is 0 Å². The summed E-state index contributed by atoms with van der Waals surface area (Å²) in [6.07, 6.45) is 4.34. The van der Waals surface area contributed by atoms with Gasteiger partial charge in [-0.25, -0.2) is 13.1 Å². The van der Waals surface area contributed by atoms with Gasteiger partial charge in [0.2, 0.25) is 15.9 Å². The third-order valence-corrected chi connectivity index (χ3v) is 7.56. The smallest absolute Gasteiger partial charge is 0.242 e. The third kappa shape index (κ3) is 5.59. The number of sulfonamides is 1. The van der Waals surface area contributed by atoms with Crippen molar-refractivity contribution in [2.45, 2.75) is 37.0 Å². The highest BCUT2D eigenvalue weighted by Crippen LogP contribution is 2.33. The lowest BCUT2D eigenvalue weighted by atomic mass is 10.1. The molecule has 0 atom stereocenters. The molecular weight excluding hydrogens is 442 g/mol. The van der Waals surface area contributed by atoms with Crippen molar-refractivity contribution >= 4 is 27.3 Å². The van der Waals surface area contributed by atoms with Crippen LogP contribution in [0, 0.1) is 5.92 Å². The minimum Gasteiger partial charge on any atom is -0.493 e. The van der Waals surface area contributed by atoms with E-state index in [4.69, 9.17) is 9.47 Å². The number of amides is 1. The van der Waals surface area contributed by atoms with Crippen LogP contribution in [0.4, 0.5) is 11.4 Å². The molecule has 2 aliphatic rings. The zero-order valence-electron chi connectivity index (χ0n) is 19.1. The first-order valence-electron chi connectivity index (χ1n) is 11.3. The van der Waals surface area contributed by atoms with Crippen LogP contribution in [0.3, 0.4) is 0 Å². The van der Waals surface area contributed by atoms with Gasteiger partial charge in [0.1, 0.15) is 4.90 Å². The SMILES string of the molecule is COc1ccc(CCNS(=O)(=O)c2cc(NC(=O)C3CC3)ccc2N2CCCC2)cc1OC. The highest BCUT2D eigenvalue weighted by molar-refractivity contribution is 7.89. The molecule has 1 amide bonds. The molecule has 2 aromatic carbocycles. The Balaban J connectivity index is 1.51. The number of benzene rings is 2. The molecule has 0 unspecified atom stereocenters. The number of nitrogens with one attached hydrogen (secondary N) is 2. The molecule has 0 aromatic heterocycles. The third-order valence-electron chi connectivity index (χ3n) is 6.07. The van der Waals surface area contributed by atoms with Gasteiger partial charge in [0, 0.05) is 31.2 Å². The lowest BCUT2D eigenvalue weighted by molar-refractivity contribution is -0.117. The van der Waals surface area contributed by atoms with E-state index in [-0.39, 0.29) is 23.3 Å². The fourth-order valence-electron chi connectivity index (χ4n) is 4.06. The van der Waals surface area contributed by atoms with Crippen molar-refractivity contribution in [1.82, 2.24) is 4.72 Å². The van der Waals surface area contributed by atoms with Crippen molar-refractivity contribution in [1.29, 1.82) is 0 Å². The lowest BCUT2D eigenvalue weighted by Crippen LogP contribution is -2.29. The molecule has 33 heavy (non-hydrogen) atoms. The first-order chi connectivity index (χ1) is 15.9. The number of rotatable bonds is 10. The summed E-state index contributed by atoms with van der Waals surface area (Å²) in [6.45, 7) is 1.87. The van der Waals surface area contributed by atoms with Crippen LogP contribution in [0.5, 0.6) is 11.5 Å². The molecule has 8 nitrogen and oxygen atoms in total. The maximum Gasteiger partial charge on any atom is 0.242 e. The van der Waals surface area contributed by atoms with Gasteiger partial charge in [0.05, 0.1) is 19.9 Å². The highest BCUT2D eigenvalue weighted by Gasteiger charge is 2.30. The maximum atomic E-state index is 13.3. The second kappa shape index (κ2) is 10.0. The summed E-state index contributed by atoms with van der Waals surface area (Å²) in [5.74, 6) is 1.23. The van der Waals surface area contributed by atoms with Gasteiger partial charge in [-0.2, -0.15) is 0 Å². The van der Waals surface area contributed by atoms with Gasteiger partial charge in [-0.1, -0.05) is 6.07 Å². The standard InChI is InChI=1S/C24H31N3O5S/c1-31-21-10-5-17(15-22(21)32-2)11-12-25-33(29,30)23-16-19(26-24(28)18-6-7-18)8-9-20(23)27-13-3-4-14-27/h5,8-10,15-16,18,25H,3-4,6-7,11-14H2,1-2H3,(H,26,28). The van der Waals surface area contributed by atoms with Crippen molar-refractivity contribution in [2.75, 3.05) is 44.1 Å². The fourth-order valence-corrected chi connectivity index (χ4v) is 5.34. The van der Waals surface area contributed by atoms with E-state index >= 15 is 0 Å². The van der Waals surface area contributed by atoms with Gasteiger partial charge in [0.25, 0.3) is 0 Å². The molecule has 2 aromatic rings. The minimum absolute atomic E-state index is 0.0444. The van der Waals surface area contributed by atoms with Gasteiger partial charge in [-0.15, -0.1) is 0 Å². The summed E-state index contributed by atoms with van der Waals surface area (Å²) >= 11 is 0. The number of ether oxygens (including phenoxy) is 2. The Hall–Kier alpha value is -2.78. The van der Waals surface area contributed by atoms with Crippen molar-refractivity contribution in [3.05, 3.63) is 42.0 Å². The van der Waals surface area contributed by atoms with Crippen molar-refractivity contribution < 1.29 is 22.7 Å². The Morgan fingerprint density at radius 2 is 1.76 bits per heavy atom. The topological polar surface area (TPSA) is 97.0 Å². The second-order valence-corrected chi connectivity index (χ2v) is 10.2. The zero-order chi connectivity index (χ0) is 23.4. The summed E-state index contributed by atoms with van der Waals surface area (Å²) in [4.78, 5) is 14.5. The molecule has 1 aliphatic carbocycles. The van der Waals surface area contributed by atoms with Gasteiger partial charge in [-0.3, -0.25) is 4.79 Å². The summed E-state index contributed by atoms with van der Waals surface area (Å²) < 4.78 is 39.9. The summed E-state index contributed by atoms with van der Waals surface area (Å²) in [5, 5.41) is 2.86. The van der Waals surface area contributed by atoms with E-state index in [1.807, 2.05) is 12.1 Å². The highest BCUT2D eigenvalue weighted by atomic mass is 32.2. The molecular formula is C24H31N3O5S. The zero-order valence-corrected chi connectivity index (χ0v) is 19.9. The van der Waals surface area contributed by atoms with Crippen LogP contribution in [-0.2, 0) is 21.2 Å². The Kier molecular flexibility index (Phi) is 7.09. The first-order valence-corrected chi connectivity index (χ1v) is 12.8. The predicted molar refractivity (Wildman–Crippen MR) is 128 cm³/mol. The molecule has 1 heterocycles. The number of methoxy groups -OCH3 is 2. The molecule has 4 rings (SSSR count). The molecule has 0 spiro atoms. The molecule has 1 aliphatic heterocycles. The molecule has 1 saturated heterocycles. The summed E-state index contributed by atoms with van der Waals surface area (Å²) in [7, 11) is -0.646. The van der Waals surface area contributed by atoms with Crippen LogP contribution in [0.15, 0.2) is 41.3 Å². The molecule has 178 valence electrons. The van der Waals surface area contributed by atoms with Gasteiger partial charge >= 0.3 is 0 Å². The number of carbonyl (C=O) groups is 1. The Labute approximate surface area is 195 Å². The average molecular weight is 474 g/mol. The second-order valence-electron chi connectivity index (χ2n) is 8.48.